The molecule has 2 aromatic carbocycles. The van der Waals surface area contributed by atoms with Crippen molar-refractivity contribution in [3.05, 3.63) is 59.7 Å². The molecule has 0 saturated carbocycles. The van der Waals surface area contributed by atoms with Crippen molar-refractivity contribution in [2.24, 2.45) is 4.99 Å². The maximum absolute atomic E-state index is 4.29. The molecule has 2 aromatic rings. The van der Waals surface area contributed by atoms with E-state index in [1.54, 1.807) is 0 Å². The fraction of sp³-hybridized carbons (Fsp3) is 0.133. The molecule has 0 unspecified atom stereocenters. The molecule has 3 rings (SSSR count). The van der Waals surface area contributed by atoms with Crippen LogP contribution in [0.4, 0.5) is 11.4 Å². The molecule has 0 aromatic heterocycles. The molecule has 0 fully saturated rings. The van der Waals surface area contributed by atoms with Gasteiger partial charge in [-0.1, -0.05) is 24.3 Å². The van der Waals surface area contributed by atoms with Crippen molar-refractivity contribution in [1.29, 1.82) is 0 Å². The van der Waals surface area contributed by atoms with E-state index in [0.717, 1.165) is 24.3 Å². The fourth-order valence-corrected chi connectivity index (χ4v) is 2.06. The van der Waals surface area contributed by atoms with Crippen molar-refractivity contribution in [2.75, 3.05) is 11.9 Å². The molecule has 0 radical (unpaired) electrons. The van der Waals surface area contributed by atoms with Gasteiger partial charge in [0.25, 0.3) is 0 Å². The summed E-state index contributed by atoms with van der Waals surface area (Å²) in [7, 11) is 0. The van der Waals surface area contributed by atoms with Crippen LogP contribution in [0.25, 0.3) is 0 Å². The van der Waals surface area contributed by atoms with Crippen molar-refractivity contribution < 1.29 is 0 Å². The molecule has 0 aliphatic carbocycles. The van der Waals surface area contributed by atoms with Gasteiger partial charge in [0.05, 0.1) is 0 Å². The van der Waals surface area contributed by atoms with Crippen molar-refractivity contribution in [1.82, 2.24) is 0 Å². The molecule has 1 aliphatic heterocycles. The number of nitrogens with zero attached hydrogens (tertiary/aromatic N) is 1. The standard InChI is InChI=1S/C15H14N2/c1-2-4-14(5-3-1)17-15-7-6-13-11-16-9-8-12(13)10-15/h1-7,10-11,17H,8-9H2. The maximum atomic E-state index is 4.29. The van der Waals surface area contributed by atoms with Crippen molar-refractivity contribution >= 4 is 17.6 Å². The number of para-hydroxylation sites is 1. The second kappa shape index (κ2) is 4.42. The number of rotatable bonds is 2. The molecule has 0 amide bonds. The Kier molecular flexibility index (Phi) is 2.62. The minimum Gasteiger partial charge on any atom is -0.356 e. The van der Waals surface area contributed by atoms with Crippen molar-refractivity contribution in [3.8, 4) is 0 Å². The third-order valence-corrected chi connectivity index (χ3v) is 2.95. The van der Waals surface area contributed by atoms with Crippen LogP contribution < -0.4 is 5.32 Å². The molecule has 0 bridgehead atoms. The highest BCUT2D eigenvalue weighted by Crippen LogP contribution is 2.21. The Balaban J connectivity index is 1.87. The Morgan fingerprint density at radius 1 is 0.941 bits per heavy atom. The largest absolute Gasteiger partial charge is 0.356 e. The Morgan fingerprint density at radius 2 is 1.82 bits per heavy atom. The molecule has 0 spiro atoms. The Morgan fingerprint density at radius 3 is 2.71 bits per heavy atom. The molecular formula is C15H14N2. The number of nitrogens with one attached hydrogen (secondary N) is 1. The van der Waals surface area contributed by atoms with E-state index in [0.29, 0.717) is 0 Å². The number of aliphatic imine (C=N–C) groups is 1. The Labute approximate surface area is 101 Å². The lowest BCUT2D eigenvalue weighted by molar-refractivity contribution is 0.953. The van der Waals surface area contributed by atoms with Gasteiger partial charge >= 0.3 is 0 Å². The molecule has 0 saturated heterocycles. The summed E-state index contributed by atoms with van der Waals surface area (Å²) >= 11 is 0. The predicted molar refractivity (Wildman–Crippen MR) is 72.3 cm³/mol. The molecule has 0 atom stereocenters. The number of hydrogen-bond acceptors (Lipinski definition) is 2. The second-order valence-corrected chi connectivity index (χ2v) is 4.19. The molecule has 84 valence electrons. The van der Waals surface area contributed by atoms with Crippen LogP contribution >= 0.6 is 0 Å². The summed E-state index contributed by atoms with van der Waals surface area (Å²) < 4.78 is 0. The van der Waals surface area contributed by atoms with Gasteiger partial charge in [-0.3, -0.25) is 4.99 Å². The molecule has 1 N–H and O–H groups in total. The minimum atomic E-state index is 0.905. The Bertz CT molecular complexity index is 544. The van der Waals surface area contributed by atoms with E-state index in [2.05, 4.69) is 40.6 Å². The van der Waals surface area contributed by atoms with Crippen LogP contribution in [-0.2, 0) is 6.42 Å². The van der Waals surface area contributed by atoms with Crippen LogP contribution in [-0.4, -0.2) is 12.8 Å². The average Bonchev–Trinajstić information content (AvgIpc) is 2.40. The van der Waals surface area contributed by atoms with E-state index in [1.165, 1.54) is 11.1 Å². The van der Waals surface area contributed by atoms with Gasteiger partial charge in [0, 0.05) is 24.1 Å². The third kappa shape index (κ3) is 2.21. The van der Waals surface area contributed by atoms with Crippen LogP contribution in [0.3, 0.4) is 0 Å². The van der Waals surface area contributed by atoms with Crippen LogP contribution in [0, 0.1) is 0 Å². The molecule has 17 heavy (non-hydrogen) atoms. The van der Waals surface area contributed by atoms with E-state index in [-0.39, 0.29) is 0 Å². The SMILES string of the molecule is C1=NCCc2cc(Nc3ccccc3)ccc21. The van der Waals surface area contributed by atoms with Crippen molar-refractivity contribution in [3.63, 3.8) is 0 Å². The number of fused-ring (bicyclic) bond motifs is 1. The van der Waals surface area contributed by atoms with Gasteiger partial charge in [-0.25, -0.2) is 0 Å². The predicted octanol–water partition coefficient (Wildman–Crippen LogP) is 3.41. The maximum Gasteiger partial charge on any atom is 0.0430 e. The molecule has 2 heteroatoms. The topological polar surface area (TPSA) is 24.4 Å². The molecule has 1 heterocycles. The zero-order valence-corrected chi connectivity index (χ0v) is 9.56. The zero-order chi connectivity index (χ0) is 11.5. The lowest BCUT2D eigenvalue weighted by Crippen LogP contribution is -2.03. The van der Waals surface area contributed by atoms with Gasteiger partial charge in [0.15, 0.2) is 0 Å². The number of hydrogen-bond donors (Lipinski definition) is 1. The second-order valence-electron chi connectivity index (χ2n) is 4.19. The third-order valence-electron chi connectivity index (χ3n) is 2.95. The van der Waals surface area contributed by atoms with Crippen LogP contribution in [0.15, 0.2) is 53.5 Å². The summed E-state index contributed by atoms with van der Waals surface area (Å²) in [5, 5.41) is 3.41. The van der Waals surface area contributed by atoms with Gasteiger partial charge in [0.1, 0.15) is 0 Å². The molecular weight excluding hydrogens is 208 g/mol. The summed E-state index contributed by atoms with van der Waals surface area (Å²) in [6, 6.07) is 16.7. The van der Waals surface area contributed by atoms with Gasteiger partial charge < -0.3 is 5.32 Å². The van der Waals surface area contributed by atoms with Crippen LogP contribution in [0.1, 0.15) is 11.1 Å². The molecule has 1 aliphatic rings. The normalized spacial score (nSPS) is 13.2. The first kappa shape index (κ1) is 10.1. The highest BCUT2D eigenvalue weighted by atomic mass is 14.9. The molecule has 2 nitrogen and oxygen atoms in total. The van der Waals surface area contributed by atoms with Crippen molar-refractivity contribution in [2.45, 2.75) is 6.42 Å². The fourth-order valence-electron chi connectivity index (χ4n) is 2.06. The van der Waals surface area contributed by atoms with Gasteiger partial charge in [-0.2, -0.15) is 0 Å². The van der Waals surface area contributed by atoms with Gasteiger partial charge in [-0.05, 0) is 41.8 Å². The van der Waals surface area contributed by atoms with E-state index in [4.69, 9.17) is 0 Å². The highest BCUT2D eigenvalue weighted by Gasteiger charge is 2.05. The smallest absolute Gasteiger partial charge is 0.0430 e. The zero-order valence-electron chi connectivity index (χ0n) is 9.56. The number of benzene rings is 2. The van der Waals surface area contributed by atoms with Gasteiger partial charge in [-0.15, -0.1) is 0 Å². The summed E-state index contributed by atoms with van der Waals surface area (Å²) in [6.45, 7) is 0.905. The van der Waals surface area contributed by atoms with Gasteiger partial charge in [0.2, 0.25) is 0 Å². The summed E-state index contributed by atoms with van der Waals surface area (Å²) in [4.78, 5) is 4.29. The van der Waals surface area contributed by atoms with E-state index < -0.39 is 0 Å². The lowest BCUT2D eigenvalue weighted by atomic mass is 10.0. The Hall–Kier alpha value is -2.09. The first-order valence-corrected chi connectivity index (χ1v) is 5.87. The van der Waals surface area contributed by atoms with Crippen LogP contribution in [0.5, 0.6) is 0 Å². The first-order valence-electron chi connectivity index (χ1n) is 5.87. The highest BCUT2D eigenvalue weighted by molar-refractivity contribution is 5.84. The van der Waals surface area contributed by atoms with E-state index in [9.17, 15) is 0 Å². The average molecular weight is 222 g/mol. The lowest BCUT2D eigenvalue weighted by Gasteiger charge is -2.13. The number of anilines is 2. The van der Waals surface area contributed by atoms with E-state index >= 15 is 0 Å². The van der Waals surface area contributed by atoms with Crippen LogP contribution in [0.2, 0.25) is 0 Å². The first-order chi connectivity index (χ1) is 8.42. The quantitative estimate of drug-likeness (QED) is 0.827. The summed E-state index contributed by atoms with van der Waals surface area (Å²) in [6.07, 6.45) is 3.00. The summed E-state index contributed by atoms with van der Waals surface area (Å²) in [5.74, 6) is 0. The minimum absolute atomic E-state index is 0.905. The monoisotopic (exact) mass is 222 g/mol. The summed E-state index contributed by atoms with van der Waals surface area (Å²) in [5.41, 5.74) is 4.89. The van der Waals surface area contributed by atoms with E-state index in [1.807, 2.05) is 24.4 Å².